The lowest BCUT2D eigenvalue weighted by Crippen LogP contribution is -2.54. The number of carbonyl (C=O) groups is 2. The number of amides is 1. The normalized spacial score (nSPS) is 18.6. The van der Waals surface area contributed by atoms with Crippen LogP contribution in [0.2, 0.25) is 0 Å². The Hall–Kier alpha value is -2.15. The van der Waals surface area contributed by atoms with E-state index in [1.165, 1.54) is 4.90 Å². The maximum absolute atomic E-state index is 12.6. The van der Waals surface area contributed by atoms with Crippen molar-refractivity contribution in [1.82, 2.24) is 9.88 Å². The summed E-state index contributed by atoms with van der Waals surface area (Å²) in [5, 5.41) is 0. The molecule has 0 aliphatic carbocycles. The number of pyridine rings is 1. The first-order chi connectivity index (χ1) is 10.8. The van der Waals surface area contributed by atoms with E-state index in [1.54, 1.807) is 39.2 Å². The van der Waals surface area contributed by atoms with E-state index in [9.17, 15) is 9.59 Å². The fourth-order valence-corrected chi connectivity index (χ4v) is 2.30. The van der Waals surface area contributed by atoms with Crippen molar-refractivity contribution in [3.05, 3.63) is 24.0 Å². The highest BCUT2D eigenvalue weighted by Crippen LogP contribution is 2.18. The number of nitrogens with two attached hydrogens (primary N) is 1. The lowest BCUT2D eigenvalue weighted by molar-refractivity contribution is -0.129. The Kier molecular flexibility index (Phi) is 5.20. The number of hydrogen-bond donors (Lipinski definition) is 1. The number of morpholine rings is 1. The summed E-state index contributed by atoms with van der Waals surface area (Å²) in [7, 11) is 0. The van der Waals surface area contributed by atoms with E-state index >= 15 is 0 Å². The Morgan fingerprint density at radius 2 is 2.22 bits per heavy atom. The van der Waals surface area contributed by atoms with E-state index in [0.29, 0.717) is 24.4 Å². The average molecular weight is 321 g/mol. The summed E-state index contributed by atoms with van der Waals surface area (Å²) in [5.41, 5.74) is 6.39. The molecule has 1 atom stereocenters. The van der Waals surface area contributed by atoms with E-state index in [-0.39, 0.29) is 18.8 Å². The molecule has 7 nitrogen and oxygen atoms in total. The maximum Gasteiger partial charge on any atom is 0.411 e. The molecule has 7 heteroatoms. The molecule has 0 aromatic carbocycles. The number of anilines is 1. The molecule has 1 saturated heterocycles. The van der Waals surface area contributed by atoms with Crippen molar-refractivity contribution < 1.29 is 19.1 Å². The molecule has 2 N–H and O–H groups in total. The maximum atomic E-state index is 12.6. The molecule has 1 fully saturated rings. The van der Waals surface area contributed by atoms with E-state index < -0.39 is 17.7 Å². The van der Waals surface area contributed by atoms with Crippen LogP contribution in [0.25, 0.3) is 0 Å². The van der Waals surface area contributed by atoms with Crippen LogP contribution in [-0.4, -0.2) is 53.2 Å². The SMILES string of the molecule is CC(C)(C)OC(=O)N1CCOCC1C(=O)Cc1cnccc1N. The van der Waals surface area contributed by atoms with Gasteiger partial charge in [0.15, 0.2) is 5.78 Å². The van der Waals surface area contributed by atoms with Crippen molar-refractivity contribution in [3.63, 3.8) is 0 Å². The third-order valence-corrected chi connectivity index (χ3v) is 3.43. The lowest BCUT2D eigenvalue weighted by Gasteiger charge is -2.35. The minimum absolute atomic E-state index is 0.104. The van der Waals surface area contributed by atoms with Crippen LogP contribution in [0.4, 0.5) is 10.5 Å². The average Bonchev–Trinajstić information content (AvgIpc) is 2.48. The fraction of sp³-hybridized carbons (Fsp3) is 0.562. The molecular formula is C16H23N3O4. The summed E-state index contributed by atoms with van der Waals surface area (Å²) in [6, 6.07) is 0.976. The summed E-state index contributed by atoms with van der Waals surface area (Å²) in [6.07, 6.45) is 2.74. The molecule has 0 radical (unpaired) electrons. The second-order valence-electron chi connectivity index (χ2n) is 6.48. The minimum atomic E-state index is -0.668. The number of Topliss-reactive ketones (excluding diaryl/α,β-unsaturated/α-hetero) is 1. The molecule has 1 amide bonds. The van der Waals surface area contributed by atoms with Crippen LogP contribution in [0.5, 0.6) is 0 Å². The molecule has 1 aromatic heterocycles. The van der Waals surface area contributed by atoms with E-state index in [0.717, 1.165) is 0 Å². The summed E-state index contributed by atoms with van der Waals surface area (Å²) < 4.78 is 10.7. The summed E-state index contributed by atoms with van der Waals surface area (Å²) >= 11 is 0. The van der Waals surface area contributed by atoms with Crippen LogP contribution in [0, 0.1) is 0 Å². The van der Waals surface area contributed by atoms with Crippen LogP contribution in [-0.2, 0) is 20.7 Å². The van der Waals surface area contributed by atoms with Gasteiger partial charge in [-0.1, -0.05) is 0 Å². The van der Waals surface area contributed by atoms with Gasteiger partial charge in [0.25, 0.3) is 0 Å². The van der Waals surface area contributed by atoms with Crippen LogP contribution in [0.15, 0.2) is 18.5 Å². The van der Waals surface area contributed by atoms with Gasteiger partial charge in [-0.2, -0.15) is 0 Å². The van der Waals surface area contributed by atoms with Crippen molar-refractivity contribution >= 4 is 17.6 Å². The van der Waals surface area contributed by atoms with Crippen molar-refractivity contribution in [2.24, 2.45) is 0 Å². The predicted molar refractivity (Wildman–Crippen MR) is 84.9 cm³/mol. The van der Waals surface area contributed by atoms with Crippen LogP contribution in [0.1, 0.15) is 26.3 Å². The first-order valence-electron chi connectivity index (χ1n) is 7.56. The highest BCUT2D eigenvalue weighted by molar-refractivity contribution is 5.90. The third-order valence-electron chi connectivity index (χ3n) is 3.43. The number of hydrogen-bond acceptors (Lipinski definition) is 6. The van der Waals surface area contributed by atoms with Gasteiger partial charge in [0.2, 0.25) is 0 Å². The lowest BCUT2D eigenvalue weighted by atomic mass is 10.0. The highest BCUT2D eigenvalue weighted by Gasteiger charge is 2.35. The number of rotatable bonds is 3. The molecule has 1 aromatic rings. The predicted octanol–water partition coefficient (Wildman–Crippen LogP) is 1.41. The Morgan fingerprint density at radius 1 is 1.48 bits per heavy atom. The summed E-state index contributed by atoms with van der Waals surface area (Å²) in [5.74, 6) is -0.143. The Bertz CT molecular complexity index is 583. The molecule has 0 bridgehead atoms. The molecule has 0 spiro atoms. The molecule has 126 valence electrons. The first kappa shape index (κ1) is 17.2. The molecule has 2 heterocycles. The monoisotopic (exact) mass is 321 g/mol. The van der Waals surface area contributed by atoms with Gasteiger partial charge in [-0.05, 0) is 26.8 Å². The molecule has 0 saturated carbocycles. The second kappa shape index (κ2) is 6.95. The topological polar surface area (TPSA) is 94.7 Å². The molecular weight excluding hydrogens is 298 g/mol. The van der Waals surface area contributed by atoms with Crippen LogP contribution in [0.3, 0.4) is 0 Å². The van der Waals surface area contributed by atoms with Gasteiger partial charge in [-0.3, -0.25) is 14.7 Å². The molecule has 2 rings (SSSR count). The number of aromatic nitrogens is 1. The minimum Gasteiger partial charge on any atom is -0.444 e. The van der Waals surface area contributed by atoms with E-state index in [2.05, 4.69) is 4.98 Å². The van der Waals surface area contributed by atoms with Gasteiger partial charge in [0.1, 0.15) is 11.6 Å². The molecule has 23 heavy (non-hydrogen) atoms. The van der Waals surface area contributed by atoms with Crippen molar-refractivity contribution in [1.29, 1.82) is 0 Å². The summed E-state index contributed by atoms with van der Waals surface area (Å²) in [6.45, 7) is 6.25. The number of nitrogens with zero attached hydrogens (tertiary/aromatic N) is 2. The Morgan fingerprint density at radius 3 is 2.87 bits per heavy atom. The third kappa shape index (κ3) is 4.66. The van der Waals surface area contributed by atoms with Crippen molar-refractivity contribution in [3.8, 4) is 0 Å². The number of ketones is 1. The van der Waals surface area contributed by atoms with Gasteiger partial charge in [0.05, 0.1) is 13.2 Å². The zero-order chi connectivity index (χ0) is 17.0. The summed E-state index contributed by atoms with van der Waals surface area (Å²) in [4.78, 5) is 30.3. The van der Waals surface area contributed by atoms with Crippen LogP contribution >= 0.6 is 0 Å². The van der Waals surface area contributed by atoms with E-state index in [4.69, 9.17) is 15.2 Å². The van der Waals surface area contributed by atoms with Crippen molar-refractivity contribution in [2.75, 3.05) is 25.5 Å². The van der Waals surface area contributed by atoms with Crippen molar-refractivity contribution in [2.45, 2.75) is 38.8 Å². The number of carbonyl (C=O) groups excluding carboxylic acids is 2. The first-order valence-corrected chi connectivity index (χ1v) is 7.56. The Balaban J connectivity index is 2.10. The molecule has 1 aliphatic heterocycles. The van der Waals surface area contributed by atoms with Crippen LogP contribution < -0.4 is 5.73 Å². The molecule has 1 aliphatic rings. The largest absolute Gasteiger partial charge is 0.444 e. The van der Waals surface area contributed by atoms with Gasteiger partial charge in [-0.15, -0.1) is 0 Å². The van der Waals surface area contributed by atoms with Gasteiger partial charge < -0.3 is 15.2 Å². The standard InChI is InChI=1S/C16H23N3O4/c1-16(2,3)23-15(21)19-6-7-22-10-13(19)14(20)8-11-9-18-5-4-12(11)17/h4-5,9,13H,6-8,10H2,1-3H3,(H2,17,18). The quantitative estimate of drug-likeness (QED) is 0.904. The smallest absolute Gasteiger partial charge is 0.411 e. The van der Waals surface area contributed by atoms with Gasteiger partial charge in [-0.25, -0.2) is 4.79 Å². The number of nitrogen functional groups attached to an aromatic ring is 1. The number of ether oxygens (including phenoxy) is 2. The Labute approximate surface area is 135 Å². The molecule has 1 unspecified atom stereocenters. The fourth-order valence-electron chi connectivity index (χ4n) is 2.30. The zero-order valence-electron chi connectivity index (χ0n) is 13.7. The second-order valence-corrected chi connectivity index (χ2v) is 6.48. The van der Waals surface area contributed by atoms with Gasteiger partial charge >= 0.3 is 6.09 Å². The van der Waals surface area contributed by atoms with Gasteiger partial charge in [0, 0.05) is 36.6 Å². The van der Waals surface area contributed by atoms with E-state index in [1.807, 2.05) is 0 Å². The zero-order valence-corrected chi connectivity index (χ0v) is 13.7. The highest BCUT2D eigenvalue weighted by atomic mass is 16.6.